The van der Waals surface area contributed by atoms with Crippen LogP contribution in [0.5, 0.6) is 0 Å². The van der Waals surface area contributed by atoms with Crippen molar-refractivity contribution in [2.45, 2.75) is 6.54 Å². The van der Waals surface area contributed by atoms with Crippen molar-refractivity contribution in [1.29, 1.82) is 5.26 Å². The zero-order valence-electron chi connectivity index (χ0n) is 7.72. The van der Waals surface area contributed by atoms with Gasteiger partial charge in [0.15, 0.2) is 0 Å². The molecular formula is C12H10N2. The third-order valence-corrected chi connectivity index (χ3v) is 2.17. The molecule has 2 aromatic rings. The Morgan fingerprint density at radius 2 is 2.14 bits per heavy atom. The zero-order chi connectivity index (χ0) is 9.80. The van der Waals surface area contributed by atoms with Gasteiger partial charge in [-0.25, -0.2) is 0 Å². The van der Waals surface area contributed by atoms with E-state index < -0.39 is 0 Å². The monoisotopic (exact) mass is 182 g/mol. The number of hydrogen-bond donors (Lipinski definition) is 0. The minimum Gasteiger partial charge on any atom is -0.344 e. The lowest BCUT2D eigenvalue weighted by molar-refractivity contribution is 0.864. The molecule has 0 fully saturated rings. The number of benzene rings is 1. The van der Waals surface area contributed by atoms with Crippen LogP contribution < -0.4 is 0 Å². The van der Waals surface area contributed by atoms with Crippen LogP contribution in [0.15, 0.2) is 48.7 Å². The van der Waals surface area contributed by atoms with Crippen molar-refractivity contribution in [3.8, 4) is 6.07 Å². The van der Waals surface area contributed by atoms with Gasteiger partial charge in [0.1, 0.15) is 0 Å². The summed E-state index contributed by atoms with van der Waals surface area (Å²) < 4.78 is 2.11. The van der Waals surface area contributed by atoms with Crippen molar-refractivity contribution in [3.05, 3.63) is 48.7 Å². The van der Waals surface area contributed by atoms with Crippen molar-refractivity contribution < 1.29 is 0 Å². The summed E-state index contributed by atoms with van der Waals surface area (Å²) >= 11 is 0. The van der Waals surface area contributed by atoms with E-state index in [1.807, 2.05) is 30.5 Å². The third-order valence-electron chi connectivity index (χ3n) is 2.17. The number of nitrogens with zero attached hydrogens (tertiary/aromatic N) is 2. The van der Waals surface area contributed by atoms with Crippen LogP contribution in [-0.2, 0) is 6.54 Å². The van der Waals surface area contributed by atoms with E-state index in [9.17, 15) is 0 Å². The normalized spacial score (nSPS) is 10.8. The van der Waals surface area contributed by atoms with Gasteiger partial charge < -0.3 is 4.57 Å². The maximum atomic E-state index is 8.36. The Morgan fingerprint density at radius 1 is 1.29 bits per heavy atom. The fraction of sp³-hybridized carbons (Fsp3) is 0.0833. The molecular weight excluding hydrogens is 172 g/mol. The van der Waals surface area contributed by atoms with Gasteiger partial charge >= 0.3 is 0 Å². The maximum absolute atomic E-state index is 8.36. The highest BCUT2D eigenvalue weighted by Crippen LogP contribution is 2.14. The van der Waals surface area contributed by atoms with Crippen LogP contribution >= 0.6 is 0 Å². The molecule has 0 saturated heterocycles. The summed E-state index contributed by atoms with van der Waals surface area (Å²) in [5.74, 6) is 0. The molecule has 2 heteroatoms. The molecule has 0 unspecified atom stereocenters. The lowest BCUT2D eigenvalue weighted by Crippen LogP contribution is -1.91. The summed E-state index contributed by atoms with van der Waals surface area (Å²) in [6, 6.07) is 12.3. The zero-order valence-corrected chi connectivity index (χ0v) is 7.72. The second-order valence-electron chi connectivity index (χ2n) is 3.06. The lowest BCUT2D eigenvalue weighted by Gasteiger charge is -1.99. The van der Waals surface area contributed by atoms with Crippen molar-refractivity contribution in [1.82, 2.24) is 4.57 Å². The van der Waals surface area contributed by atoms with E-state index in [1.54, 1.807) is 0 Å². The number of allylic oxidation sites excluding steroid dienone is 2. The molecule has 0 aliphatic carbocycles. The molecule has 0 aliphatic rings. The highest BCUT2D eigenvalue weighted by atomic mass is 14.9. The second-order valence-corrected chi connectivity index (χ2v) is 3.06. The average molecular weight is 182 g/mol. The number of hydrogen-bond acceptors (Lipinski definition) is 1. The Hall–Kier alpha value is -2.01. The molecule has 1 heterocycles. The number of aromatic nitrogens is 1. The first-order valence-electron chi connectivity index (χ1n) is 4.50. The largest absolute Gasteiger partial charge is 0.344 e. The van der Waals surface area contributed by atoms with Gasteiger partial charge in [-0.05, 0) is 17.5 Å². The molecule has 0 spiro atoms. The molecule has 0 N–H and O–H groups in total. The number of rotatable bonds is 2. The number of nitriles is 1. The van der Waals surface area contributed by atoms with Gasteiger partial charge in [-0.2, -0.15) is 5.26 Å². The van der Waals surface area contributed by atoms with E-state index in [0.29, 0.717) is 0 Å². The van der Waals surface area contributed by atoms with Gasteiger partial charge in [0.25, 0.3) is 0 Å². The van der Waals surface area contributed by atoms with E-state index in [4.69, 9.17) is 5.26 Å². The van der Waals surface area contributed by atoms with Gasteiger partial charge in [0.05, 0.1) is 6.07 Å². The molecule has 1 aromatic carbocycles. The summed E-state index contributed by atoms with van der Waals surface area (Å²) in [5.41, 5.74) is 1.20. The standard InChI is InChI=1S/C12H10N2/c13-8-3-4-9-14-10-7-11-5-1-2-6-12(11)14/h1-7,10H,9H2/b4-3+. The van der Waals surface area contributed by atoms with Gasteiger partial charge in [-0.15, -0.1) is 0 Å². The van der Waals surface area contributed by atoms with Crippen LogP contribution in [-0.4, -0.2) is 4.57 Å². The Labute approximate surface area is 82.7 Å². The van der Waals surface area contributed by atoms with Crippen LogP contribution in [0.3, 0.4) is 0 Å². The predicted octanol–water partition coefficient (Wildman–Crippen LogP) is 2.72. The van der Waals surface area contributed by atoms with E-state index in [2.05, 4.69) is 22.8 Å². The van der Waals surface area contributed by atoms with Crippen LogP contribution in [0.1, 0.15) is 0 Å². The minimum atomic E-state index is 0.751. The summed E-state index contributed by atoms with van der Waals surface area (Å²) in [7, 11) is 0. The van der Waals surface area contributed by atoms with Crippen molar-refractivity contribution >= 4 is 10.9 Å². The highest BCUT2D eigenvalue weighted by molar-refractivity contribution is 5.79. The minimum absolute atomic E-state index is 0.751. The summed E-state index contributed by atoms with van der Waals surface area (Å²) in [6.07, 6.45) is 5.40. The molecule has 0 radical (unpaired) electrons. The van der Waals surface area contributed by atoms with Gasteiger partial charge in [-0.3, -0.25) is 0 Å². The number of fused-ring (bicyclic) bond motifs is 1. The van der Waals surface area contributed by atoms with E-state index in [-0.39, 0.29) is 0 Å². The smallest absolute Gasteiger partial charge is 0.0909 e. The lowest BCUT2D eigenvalue weighted by atomic mass is 10.2. The molecule has 0 amide bonds. The summed E-state index contributed by atoms with van der Waals surface area (Å²) in [5, 5.41) is 9.60. The van der Waals surface area contributed by atoms with Gasteiger partial charge in [-0.1, -0.05) is 24.3 Å². The fourth-order valence-electron chi connectivity index (χ4n) is 1.52. The van der Waals surface area contributed by atoms with E-state index in [0.717, 1.165) is 6.54 Å². The molecule has 2 nitrogen and oxygen atoms in total. The molecule has 14 heavy (non-hydrogen) atoms. The van der Waals surface area contributed by atoms with Crippen molar-refractivity contribution in [2.24, 2.45) is 0 Å². The average Bonchev–Trinajstić information content (AvgIpc) is 2.63. The maximum Gasteiger partial charge on any atom is 0.0909 e. The fourth-order valence-corrected chi connectivity index (χ4v) is 1.52. The SMILES string of the molecule is N#C/C=C/Cn1ccc2ccccc21. The van der Waals surface area contributed by atoms with Crippen molar-refractivity contribution in [2.75, 3.05) is 0 Å². The Kier molecular flexibility index (Phi) is 2.33. The number of para-hydroxylation sites is 1. The molecule has 0 atom stereocenters. The Balaban J connectivity index is 2.35. The molecule has 0 aliphatic heterocycles. The molecule has 2 rings (SSSR count). The second kappa shape index (κ2) is 3.80. The summed E-state index contributed by atoms with van der Waals surface area (Å²) in [4.78, 5) is 0. The Bertz CT molecular complexity index is 500. The molecule has 68 valence electrons. The molecule has 0 saturated carbocycles. The first kappa shape index (κ1) is 8.58. The third kappa shape index (κ3) is 1.53. The van der Waals surface area contributed by atoms with Crippen LogP contribution in [0, 0.1) is 11.3 Å². The van der Waals surface area contributed by atoms with E-state index >= 15 is 0 Å². The quantitative estimate of drug-likeness (QED) is 0.656. The van der Waals surface area contributed by atoms with Crippen LogP contribution in [0.4, 0.5) is 0 Å². The molecule has 0 bridgehead atoms. The van der Waals surface area contributed by atoms with Crippen molar-refractivity contribution in [3.63, 3.8) is 0 Å². The first-order valence-corrected chi connectivity index (χ1v) is 4.50. The molecule has 1 aromatic heterocycles. The highest BCUT2D eigenvalue weighted by Gasteiger charge is 1.96. The predicted molar refractivity (Wildman–Crippen MR) is 56.7 cm³/mol. The summed E-state index contributed by atoms with van der Waals surface area (Å²) in [6.45, 7) is 0.751. The van der Waals surface area contributed by atoms with Crippen LogP contribution in [0.25, 0.3) is 10.9 Å². The van der Waals surface area contributed by atoms with Gasteiger partial charge in [0, 0.05) is 24.3 Å². The Morgan fingerprint density at radius 3 is 3.00 bits per heavy atom. The first-order chi connectivity index (χ1) is 6.92. The van der Waals surface area contributed by atoms with E-state index in [1.165, 1.54) is 17.0 Å². The van der Waals surface area contributed by atoms with Crippen LogP contribution in [0.2, 0.25) is 0 Å². The topological polar surface area (TPSA) is 28.7 Å². The van der Waals surface area contributed by atoms with Gasteiger partial charge in [0.2, 0.25) is 0 Å².